The molecule has 0 heterocycles. The number of benzene rings is 2. The minimum atomic E-state index is -0.371. The van der Waals surface area contributed by atoms with Gasteiger partial charge in [-0.2, -0.15) is 0 Å². The molecule has 5 heteroatoms. The summed E-state index contributed by atoms with van der Waals surface area (Å²) in [5, 5.41) is 3.29. The first-order valence-electron chi connectivity index (χ1n) is 9.10. The summed E-state index contributed by atoms with van der Waals surface area (Å²) in [7, 11) is 0. The van der Waals surface area contributed by atoms with Crippen LogP contribution in [-0.4, -0.2) is 25.3 Å². The van der Waals surface area contributed by atoms with Crippen molar-refractivity contribution >= 4 is 17.7 Å². The Labute approximate surface area is 159 Å². The van der Waals surface area contributed by atoms with E-state index in [9.17, 15) is 4.79 Å². The number of hydrogen-bond donors (Lipinski definition) is 1. The lowest BCUT2D eigenvalue weighted by Gasteiger charge is -2.13. The molecule has 1 aliphatic rings. The molecule has 3 rings (SSSR count). The smallest absolute Gasteiger partial charge is 0.407 e. The number of alkyl carbamates (subject to hydrolysis) is 1. The molecule has 0 saturated heterocycles. The predicted molar refractivity (Wildman–Crippen MR) is 103 cm³/mol. The van der Waals surface area contributed by atoms with Crippen LogP contribution in [0.2, 0.25) is 5.02 Å². The van der Waals surface area contributed by atoms with Gasteiger partial charge in [0, 0.05) is 0 Å². The zero-order valence-corrected chi connectivity index (χ0v) is 15.5. The largest absolute Gasteiger partial charge is 0.490 e. The van der Waals surface area contributed by atoms with E-state index in [0.29, 0.717) is 23.9 Å². The SMILES string of the molecule is O=C(NCCOc1ccc(Cc2ccccc2)cc1Cl)OC1CCCC1. The Balaban J connectivity index is 1.41. The second-order valence-corrected chi connectivity index (χ2v) is 6.92. The van der Waals surface area contributed by atoms with Crippen molar-refractivity contribution in [2.75, 3.05) is 13.2 Å². The molecule has 0 atom stereocenters. The van der Waals surface area contributed by atoms with Crippen LogP contribution in [-0.2, 0) is 11.2 Å². The summed E-state index contributed by atoms with van der Waals surface area (Å²) in [4.78, 5) is 11.7. The monoisotopic (exact) mass is 373 g/mol. The van der Waals surface area contributed by atoms with Gasteiger partial charge in [0.15, 0.2) is 0 Å². The molecular weight excluding hydrogens is 350 g/mol. The average molecular weight is 374 g/mol. The molecule has 0 aromatic heterocycles. The van der Waals surface area contributed by atoms with Crippen LogP contribution in [0.5, 0.6) is 5.75 Å². The van der Waals surface area contributed by atoms with E-state index >= 15 is 0 Å². The van der Waals surface area contributed by atoms with Gasteiger partial charge < -0.3 is 14.8 Å². The number of carbonyl (C=O) groups excluding carboxylic acids is 1. The van der Waals surface area contributed by atoms with E-state index in [4.69, 9.17) is 21.1 Å². The van der Waals surface area contributed by atoms with Crippen molar-refractivity contribution < 1.29 is 14.3 Å². The number of carbonyl (C=O) groups is 1. The van der Waals surface area contributed by atoms with Crippen molar-refractivity contribution in [3.8, 4) is 5.75 Å². The standard InChI is InChI=1S/C21H24ClNO3/c22-19-15-17(14-16-6-2-1-3-7-16)10-11-20(19)25-13-12-23-21(24)26-18-8-4-5-9-18/h1-3,6-7,10-11,15,18H,4-5,8-9,12-14H2,(H,23,24). The molecule has 0 aliphatic heterocycles. The molecule has 1 aliphatic carbocycles. The Morgan fingerprint density at radius 3 is 2.58 bits per heavy atom. The second kappa shape index (κ2) is 9.48. The predicted octanol–water partition coefficient (Wildman–Crippen LogP) is 4.98. The van der Waals surface area contributed by atoms with E-state index < -0.39 is 0 Å². The fraction of sp³-hybridized carbons (Fsp3) is 0.381. The molecule has 2 aromatic rings. The Bertz CT molecular complexity index is 714. The third-order valence-corrected chi connectivity index (χ3v) is 4.75. The molecule has 2 aromatic carbocycles. The van der Waals surface area contributed by atoms with E-state index in [-0.39, 0.29) is 12.2 Å². The van der Waals surface area contributed by atoms with Gasteiger partial charge in [0.1, 0.15) is 18.5 Å². The van der Waals surface area contributed by atoms with E-state index in [1.165, 1.54) is 5.56 Å². The third kappa shape index (κ3) is 5.67. The van der Waals surface area contributed by atoms with E-state index in [2.05, 4.69) is 17.4 Å². The fourth-order valence-electron chi connectivity index (χ4n) is 3.12. The van der Waals surface area contributed by atoms with Crippen LogP contribution in [0.4, 0.5) is 4.79 Å². The lowest BCUT2D eigenvalue weighted by Crippen LogP contribution is -2.31. The lowest BCUT2D eigenvalue weighted by atomic mass is 10.1. The van der Waals surface area contributed by atoms with Crippen LogP contribution >= 0.6 is 11.6 Å². The minimum Gasteiger partial charge on any atom is -0.490 e. The number of halogens is 1. The highest BCUT2D eigenvalue weighted by atomic mass is 35.5. The van der Waals surface area contributed by atoms with Crippen LogP contribution in [0.3, 0.4) is 0 Å². The maximum atomic E-state index is 11.7. The second-order valence-electron chi connectivity index (χ2n) is 6.51. The number of rotatable bonds is 7. The van der Waals surface area contributed by atoms with Gasteiger partial charge >= 0.3 is 6.09 Å². The molecule has 0 bridgehead atoms. The fourth-order valence-corrected chi connectivity index (χ4v) is 3.37. The van der Waals surface area contributed by atoms with E-state index in [1.807, 2.05) is 36.4 Å². The Morgan fingerprint density at radius 1 is 1.08 bits per heavy atom. The third-order valence-electron chi connectivity index (χ3n) is 4.45. The van der Waals surface area contributed by atoms with Crippen LogP contribution in [0, 0.1) is 0 Å². The van der Waals surface area contributed by atoms with Crippen molar-refractivity contribution in [2.24, 2.45) is 0 Å². The summed E-state index contributed by atoms with van der Waals surface area (Å²) in [6.07, 6.45) is 4.74. The van der Waals surface area contributed by atoms with Crippen LogP contribution in [0.15, 0.2) is 48.5 Å². The molecule has 1 saturated carbocycles. The van der Waals surface area contributed by atoms with Gasteiger partial charge in [-0.3, -0.25) is 0 Å². The molecule has 4 nitrogen and oxygen atoms in total. The summed E-state index contributed by atoms with van der Waals surface area (Å²) in [6, 6.07) is 16.0. The molecule has 138 valence electrons. The molecule has 0 spiro atoms. The van der Waals surface area contributed by atoms with Gasteiger partial charge in [0.25, 0.3) is 0 Å². The lowest BCUT2D eigenvalue weighted by molar-refractivity contribution is 0.0997. The average Bonchev–Trinajstić information content (AvgIpc) is 3.14. The minimum absolute atomic E-state index is 0.0718. The summed E-state index contributed by atoms with van der Waals surface area (Å²) in [6.45, 7) is 0.727. The zero-order valence-electron chi connectivity index (χ0n) is 14.7. The quantitative estimate of drug-likeness (QED) is 0.696. The number of ether oxygens (including phenoxy) is 2. The summed E-state index contributed by atoms with van der Waals surface area (Å²) in [5.74, 6) is 0.620. The summed E-state index contributed by atoms with van der Waals surface area (Å²) < 4.78 is 11.0. The molecule has 0 radical (unpaired) electrons. The normalized spacial score (nSPS) is 14.2. The van der Waals surface area contributed by atoms with Crippen molar-refractivity contribution in [2.45, 2.75) is 38.2 Å². The molecular formula is C21H24ClNO3. The Hall–Kier alpha value is -2.20. The summed E-state index contributed by atoms with van der Waals surface area (Å²) >= 11 is 6.31. The molecule has 1 N–H and O–H groups in total. The highest BCUT2D eigenvalue weighted by Gasteiger charge is 2.18. The maximum absolute atomic E-state index is 11.7. The number of amides is 1. The van der Waals surface area contributed by atoms with Crippen molar-refractivity contribution in [3.63, 3.8) is 0 Å². The summed E-state index contributed by atoms with van der Waals surface area (Å²) in [5.41, 5.74) is 2.37. The zero-order chi connectivity index (χ0) is 18.2. The Kier molecular flexibility index (Phi) is 6.78. The van der Waals surface area contributed by atoms with Gasteiger partial charge in [0.2, 0.25) is 0 Å². The first kappa shape index (κ1) is 18.6. The van der Waals surface area contributed by atoms with E-state index in [1.54, 1.807) is 0 Å². The molecule has 1 fully saturated rings. The van der Waals surface area contributed by atoms with Gasteiger partial charge in [-0.15, -0.1) is 0 Å². The van der Waals surface area contributed by atoms with Crippen molar-refractivity contribution in [1.82, 2.24) is 5.32 Å². The topological polar surface area (TPSA) is 47.6 Å². The van der Waals surface area contributed by atoms with Gasteiger partial charge in [-0.05, 0) is 55.4 Å². The first-order chi connectivity index (χ1) is 12.7. The molecule has 0 unspecified atom stereocenters. The van der Waals surface area contributed by atoms with Gasteiger partial charge in [0.05, 0.1) is 11.6 Å². The van der Waals surface area contributed by atoms with Gasteiger partial charge in [-0.1, -0.05) is 48.0 Å². The van der Waals surface area contributed by atoms with Crippen LogP contribution in [0.25, 0.3) is 0 Å². The number of nitrogens with one attached hydrogen (secondary N) is 1. The van der Waals surface area contributed by atoms with Crippen LogP contribution < -0.4 is 10.1 Å². The Morgan fingerprint density at radius 2 is 1.85 bits per heavy atom. The molecule has 1 amide bonds. The van der Waals surface area contributed by atoms with Crippen molar-refractivity contribution in [1.29, 1.82) is 0 Å². The maximum Gasteiger partial charge on any atom is 0.407 e. The van der Waals surface area contributed by atoms with E-state index in [0.717, 1.165) is 37.7 Å². The van der Waals surface area contributed by atoms with Gasteiger partial charge in [-0.25, -0.2) is 4.79 Å². The first-order valence-corrected chi connectivity index (χ1v) is 9.48. The highest BCUT2D eigenvalue weighted by molar-refractivity contribution is 6.32. The highest BCUT2D eigenvalue weighted by Crippen LogP contribution is 2.26. The molecule has 26 heavy (non-hydrogen) atoms. The van der Waals surface area contributed by atoms with Crippen LogP contribution in [0.1, 0.15) is 36.8 Å². The number of hydrogen-bond acceptors (Lipinski definition) is 3. The van der Waals surface area contributed by atoms with Crippen molar-refractivity contribution in [3.05, 3.63) is 64.7 Å².